The second-order valence-corrected chi connectivity index (χ2v) is 10.8. The Balaban J connectivity index is 1.10. The Hall–Kier alpha value is -3.73. The highest BCUT2D eigenvalue weighted by atomic mass is 16.5. The number of ether oxygens (including phenoxy) is 4. The van der Waals surface area contributed by atoms with Crippen molar-refractivity contribution in [1.29, 1.82) is 0 Å². The van der Waals surface area contributed by atoms with Gasteiger partial charge in [-0.3, -0.25) is 9.58 Å². The van der Waals surface area contributed by atoms with Crippen molar-refractivity contribution in [3.63, 3.8) is 0 Å². The smallest absolute Gasteiger partial charge is 0.337 e. The molecule has 2 saturated heterocycles. The van der Waals surface area contributed by atoms with Crippen LogP contribution in [0.2, 0.25) is 0 Å². The molecular formula is C31H37N5O5. The molecule has 0 radical (unpaired) electrons. The lowest BCUT2D eigenvalue weighted by atomic mass is 10.0. The van der Waals surface area contributed by atoms with E-state index in [1.807, 2.05) is 48.7 Å². The lowest BCUT2D eigenvalue weighted by Crippen LogP contribution is -2.36. The number of carbonyl (C=O) groups is 1. The van der Waals surface area contributed by atoms with Crippen molar-refractivity contribution in [3.8, 4) is 5.75 Å². The van der Waals surface area contributed by atoms with Crippen LogP contribution in [0.15, 0.2) is 54.7 Å². The van der Waals surface area contributed by atoms with Crippen molar-refractivity contribution in [3.05, 3.63) is 77.4 Å². The number of fused-ring (bicyclic) bond motifs is 1. The molecule has 2 aromatic carbocycles. The number of benzene rings is 2. The van der Waals surface area contributed by atoms with Crippen LogP contribution in [0.1, 0.15) is 52.7 Å². The van der Waals surface area contributed by atoms with E-state index in [1.54, 1.807) is 13.2 Å². The summed E-state index contributed by atoms with van der Waals surface area (Å²) in [5.41, 5.74) is 4.56. The zero-order valence-electron chi connectivity index (χ0n) is 23.7. The van der Waals surface area contributed by atoms with E-state index in [4.69, 9.17) is 23.9 Å². The molecule has 0 spiro atoms. The molecule has 0 saturated carbocycles. The number of carbonyl (C=O) groups excluding carboxylic acids is 1. The van der Waals surface area contributed by atoms with Crippen LogP contribution in [-0.4, -0.2) is 70.2 Å². The molecule has 6 rings (SSSR count). The van der Waals surface area contributed by atoms with E-state index in [9.17, 15) is 4.79 Å². The molecule has 10 nitrogen and oxygen atoms in total. The molecule has 10 heteroatoms. The number of rotatable bonds is 11. The summed E-state index contributed by atoms with van der Waals surface area (Å²) in [5.74, 6) is 1.49. The molecule has 4 aromatic rings. The fourth-order valence-electron chi connectivity index (χ4n) is 5.69. The molecule has 2 aromatic heterocycles. The van der Waals surface area contributed by atoms with Gasteiger partial charge in [0.05, 0.1) is 61.2 Å². The Morgan fingerprint density at radius 1 is 1.02 bits per heavy atom. The van der Waals surface area contributed by atoms with Crippen LogP contribution in [0, 0.1) is 0 Å². The monoisotopic (exact) mass is 559 g/mol. The average molecular weight is 560 g/mol. The van der Waals surface area contributed by atoms with E-state index in [2.05, 4.69) is 19.2 Å². The number of likely N-dealkylation sites (tertiary alicyclic amines) is 1. The fourth-order valence-corrected chi connectivity index (χ4v) is 5.69. The number of hydrogen-bond donors (Lipinski definition) is 0. The highest BCUT2D eigenvalue weighted by molar-refractivity contribution is 5.93. The summed E-state index contributed by atoms with van der Waals surface area (Å²) in [6.07, 6.45) is 5.08. The Labute approximate surface area is 239 Å². The summed E-state index contributed by atoms with van der Waals surface area (Å²) in [6, 6.07) is 16.0. The van der Waals surface area contributed by atoms with Crippen LogP contribution in [0.5, 0.6) is 5.75 Å². The van der Waals surface area contributed by atoms with Crippen molar-refractivity contribution < 1.29 is 23.7 Å². The van der Waals surface area contributed by atoms with E-state index >= 15 is 0 Å². The molecule has 1 atom stereocenters. The first-order valence-electron chi connectivity index (χ1n) is 14.3. The van der Waals surface area contributed by atoms with Gasteiger partial charge in [-0.25, -0.2) is 9.78 Å². The molecule has 41 heavy (non-hydrogen) atoms. The SMILES string of the molecule is COCc1ccc(OCc2ccnn2C2CCN(Cc3nc4ccc(C(=O)OC)cc4n3C[C@@H]3CCO3)CC2)cc1. The van der Waals surface area contributed by atoms with Crippen LogP contribution in [-0.2, 0) is 40.5 Å². The highest BCUT2D eigenvalue weighted by Gasteiger charge is 2.26. The third kappa shape index (κ3) is 6.14. The Kier molecular flexibility index (Phi) is 8.31. The first-order valence-corrected chi connectivity index (χ1v) is 14.3. The minimum Gasteiger partial charge on any atom is -0.487 e. The quantitative estimate of drug-likeness (QED) is 0.250. The summed E-state index contributed by atoms with van der Waals surface area (Å²) < 4.78 is 26.3. The molecule has 2 fully saturated rings. The van der Waals surface area contributed by atoms with Gasteiger partial charge >= 0.3 is 5.97 Å². The number of aromatic nitrogens is 4. The van der Waals surface area contributed by atoms with Crippen LogP contribution in [0.25, 0.3) is 11.0 Å². The first kappa shape index (κ1) is 27.4. The summed E-state index contributed by atoms with van der Waals surface area (Å²) in [5, 5.41) is 4.65. The Bertz CT molecular complexity index is 1470. The highest BCUT2D eigenvalue weighted by Crippen LogP contribution is 2.27. The van der Waals surface area contributed by atoms with Gasteiger partial charge in [0.1, 0.15) is 18.2 Å². The minimum absolute atomic E-state index is 0.183. The zero-order valence-corrected chi connectivity index (χ0v) is 23.7. The molecule has 0 unspecified atom stereocenters. The van der Waals surface area contributed by atoms with Crippen LogP contribution in [0.3, 0.4) is 0 Å². The third-order valence-corrected chi connectivity index (χ3v) is 8.07. The van der Waals surface area contributed by atoms with Crippen molar-refractivity contribution in [2.24, 2.45) is 0 Å². The molecule has 2 aliphatic heterocycles. The molecule has 4 heterocycles. The van der Waals surface area contributed by atoms with E-state index in [1.165, 1.54) is 7.11 Å². The first-order chi connectivity index (χ1) is 20.1. The largest absolute Gasteiger partial charge is 0.487 e. The van der Waals surface area contributed by atoms with Gasteiger partial charge in [-0.1, -0.05) is 12.1 Å². The van der Waals surface area contributed by atoms with Gasteiger partial charge in [-0.05, 0) is 61.2 Å². The summed E-state index contributed by atoms with van der Waals surface area (Å²) in [4.78, 5) is 19.6. The summed E-state index contributed by atoms with van der Waals surface area (Å²) >= 11 is 0. The second kappa shape index (κ2) is 12.4. The number of esters is 1. The lowest BCUT2D eigenvalue weighted by molar-refractivity contribution is -0.0592. The van der Waals surface area contributed by atoms with Gasteiger partial charge in [0.25, 0.3) is 0 Å². The maximum atomic E-state index is 12.2. The molecule has 0 bridgehead atoms. The third-order valence-electron chi connectivity index (χ3n) is 8.07. The van der Waals surface area contributed by atoms with Gasteiger partial charge in [0.2, 0.25) is 0 Å². The van der Waals surface area contributed by atoms with Gasteiger partial charge in [-0.2, -0.15) is 5.10 Å². The van der Waals surface area contributed by atoms with E-state index in [-0.39, 0.29) is 12.1 Å². The van der Waals surface area contributed by atoms with Gasteiger partial charge < -0.3 is 23.5 Å². The van der Waals surface area contributed by atoms with E-state index in [0.717, 1.165) is 85.9 Å². The molecule has 0 N–H and O–H groups in total. The predicted molar refractivity (Wildman–Crippen MR) is 153 cm³/mol. The number of nitrogens with zero attached hydrogens (tertiary/aromatic N) is 5. The predicted octanol–water partition coefficient (Wildman–Crippen LogP) is 4.37. The standard InChI is InChI=1S/C31H37N5O5/c1-38-20-22-3-6-26(7-4-22)41-21-25-9-13-32-36(25)24-10-14-34(15-11-24)19-30-33-28-8-5-23(31(37)39-2)17-29(28)35(30)18-27-12-16-40-27/h3-9,13,17,24,27H,10-12,14-16,18-21H2,1-2H3/t27-/m0/s1. The number of imidazole rings is 1. The summed E-state index contributed by atoms with van der Waals surface area (Å²) in [6.45, 7) is 5.24. The minimum atomic E-state index is -0.341. The van der Waals surface area contributed by atoms with Crippen molar-refractivity contribution in [1.82, 2.24) is 24.2 Å². The molecule has 0 aliphatic carbocycles. The molecule has 0 amide bonds. The van der Waals surface area contributed by atoms with Crippen LogP contribution in [0.4, 0.5) is 0 Å². The van der Waals surface area contributed by atoms with Crippen LogP contribution < -0.4 is 4.74 Å². The average Bonchev–Trinajstić information content (AvgIpc) is 3.58. The zero-order chi connectivity index (χ0) is 28.2. The Morgan fingerprint density at radius 3 is 2.54 bits per heavy atom. The fraction of sp³-hybridized carbons (Fsp3) is 0.452. The van der Waals surface area contributed by atoms with Gasteiger partial charge in [0.15, 0.2) is 0 Å². The lowest BCUT2D eigenvalue weighted by Gasteiger charge is -2.33. The van der Waals surface area contributed by atoms with Crippen molar-refractivity contribution >= 4 is 17.0 Å². The molecular weight excluding hydrogens is 522 g/mol. The van der Waals surface area contributed by atoms with E-state index < -0.39 is 0 Å². The topological polar surface area (TPSA) is 92.9 Å². The molecule has 216 valence electrons. The van der Waals surface area contributed by atoms with E-state index in [0.29, 0.717) is 24.8 Å². The van der Waals surface area contributed by atoms with Gasteiger partial charge in [0, 0.05) is 33.0 Å². The molecule has 2 aliphatic rings. The van der Waals surface area contributed by atoms with Crippen molar-refractivity contribution in [2.75, 3.05) is 33.9 Å². The Morgan fingerprint density at radius 2 is 1.83 bits per heavy atom. The number of piperidine rings is 1. The van der Waals surface area contributed by atoms with Crippen molar-refractivity contribution in [2.45, 2.75) is 57.7 Å². The normalized spacial score (nSPS) is 18.0. The number of methoxy groups -OCH3 is 2. The maximum Gasteiger partial charge on any atom is 0.337 e. The van der Waals surface area contributed by atoms with Crippen LogP contribution >= 0.6 is 0 Å². The van der Waals surface area contributed by atoms with Gasteiger partial charge in [-0.15, -0.1) is 0 Å². The maximum absolute atomic E-state index is 12.2. The number of hydrogen-bond acceptors (Lipinski definition) is 8. The second-order valence-electron chi connectivity index (χ2n) is 10.8. The summed E-state index contributed by atoms with van der Waals surface area (Å²) in [7, 11) is 3.10.